The first kappa shape index (κ1) is 16.2. The van der Waals surface area contributed by atoms with E-state index >= 15 is 0 Å². The monoisotopic (exact) mass is 364 g/mol. The number of nitrogens with one attached hydrogen (secondary N) is 1. The van der Waals surface area contributed by atoms with Gasteiger partial charge in [-0.15, -0.1) is 0 Å². The normalized spacial score (nSPS) is 11.1. The molecule has 0 aliphatic carbocycles. The molecule has 1 amide bonds. The van der Waals surface area contributed by atoms with Crippen LogP contribution in [-0.2, 0) is 4.79 Å². The van der Waals surface area contributed by atoms with E-state index in [9.17, 15) is 9.18 Å². The number of halogens is 2. The van der Waals surface area contributed by atoms with Crippen LogP contribution in [0.25, 0.3) is 0 Å². The van der Waals surface area contributed by atoms with E-state index in [4.69, 9.17) is 4.74 Å². The van der Waals surface area contributed by atoms with Gasteiger partial charge in [-0.3, -0.25) is 4.79 Å². The molecule has 0 aliphatic heterocycles. The van der Waals surface area contributed by atoms with E-state index < -0.39 is 11.7 Å². The van der Waals surface area contributed by atoms with Crippen LogP contribution in [0.2, 0.25) is 0 Å². The summed E-state index contributed by atoms with van der Waals surface area (Å²) in [6, 6.07) is 13.4. The highest BCUT2D eigenvalue weighted by Gasteiger charge is 2.07. The number of hydrogen-bond acceptors (Lipinski definition) is 3. The number of nitrogens with zero attached hydrogens (tertiary/aromatic N) is 1. The van der Waals surface area contributed by atoms with Crippen molar-refractivity contribution in [1.29, 1.82) is 0 Å². The Morgan fingerprint density at radius 1 is 1.23 bits per heavy atom. The Morgan fingerprint density at radius 3 is 2.64 bits per heavy atom. The molecule has 114 valence electrons. The van der Waals surface area contributed by atoms with Crippen molar-refractivity contribution in [3.8, 4) is 5.75 Å². The first-order valence-corrected chi connectivity index (χ1v) is 7.32. The third-order valence-corrected chi connectivity index (χ3v) is 3.50. The average Bonchev–Trinajstić information content (AvgIpc) is 2.52. The summed E-state index contributed by atoms with van der Waals surface area (Å²) in [5, 5.41) is 4.00. The molecule has 0 fully saturated rings. The third kappa shape index (κ3) is 4.39. The minimum atomic E-state index is -0.511. The molecule has 0 radical (unpaired) electrons. The summed E-state index contributed by atoms with van der Waals surface area (Å²) in [7, 11) is 0. The van der Waals surface area contributed by atoms with Crippen LogP contribution in [0.4, 0.5) is 4.39 Å². The van der Waals surface area contributed by atoms with Gasteiger partial charge in [0.1, 0.15) is 0 Å². The molecule has 0 aromatic heterocycles. The number of ether oxygens (including phenoxy) is 1. The Bertz CT molecular complexity index is 704. The van der Waals surface area contributed by atoms with E-state index in [1.54, 1.807) is 19.1 Å². The van der Waals surface area contributed by atoms with Gasteiger partial charge in [-0.25, -0.2) is 9.82 Å². The van der Waals surface area contributed by atoms with Gasteiger partial charge in [0.2, 0.25) is 0 Å². The average molecular weight is 365 g/mol. The van der Waals surface area contributed by atoms with Crippen LogP contribution in [0, 0.1) is 5.82 Å². The lowest BCUT2D eigenvalue weighted by Gasteiger charge is -2.07. The molecule has 0 unspecified atom stereocenters. The second kappa shape index (κ2) is 7.70. The number of hydrogen-bond donors (Lipinski definition) is 1. The van der Waals surface area contributed by atoms with Gasteiger partial charge >= 0.3 is 0 Å². The lowest BCUT2D eigenvalue weighted by atomic mass is 10.1. The molecule has 0 spiro atoms. The third-order valence-electron chi connectivity index (χ3n) is 2.81. The zero-order valence-corrected chi connectivity index (χ0v) is 13.4. The van der Waals surface area contributed by atoms with Crippen molar-refractivity contribution < 1.29 is 13.9 Å². The second-order valence-corrected chi connectivity index (χ2v) is 5.29. The Balaban J connectivity index is 1.91. The lowest BCUT2D eigenvalue weighted by Crippen LogP contribution is -2.25. The number of amides is 1. The molecule has 0 saturated heterocycles. The first-order valence-electron chi connectivity index (χ1n) is 6.53. The SMILES string of the molecule is C/C(=N\NC(=O)COc1ccccc1F)c1ccccc1Br. The maximum Gasteiger partial charge on any atom is 0.277 e. The molecule has 2 rings (SSSR count). The van der Waals surface area contributed by atoms with E-state index in [2.05, 4.69) is 26.5 Å². The predicted molar refractivity (Wildman–Crippen MR) is 86.4 cm³/mol. The van der Waals surface area contributed by atoms with Gasteiger partial charge in [0.15, 0.2) is 18.2 Å². The zero-order chi connectivity index (χ0) is 15.9. The molecule has 0 aliphatic rings. The second-order valence-electron chi connectivity index (χ2n) is 4.43. The quantitative estimate of drug-likeness (QED) is 0.651. The van der Waals surface area contributed by atoms with Gasteiger partial charge in [0, 0.05) is 10.0 Å². The number of para-hydroxylation sites is 1. The summed E-state index contributed by atoms with van der Waals surface area (Å²) in [5.74, 6) is -0.943. The highest BCUT2D eigenvalue weighted by molar-refractivity contribution is 9.10. The fourth-order valence-corrected chi connectivity index (χ4v) is 2.27. The van der Waals surface area contributed by atoms with Crippen molar-refractivity contribution in [3.63, 3.8) is 0 Å². The Labute approximate surface area is 136 Å². The van der Waals surface area contributed by atoms with Crippen LogP contribution >= 0.6 is 15.9 Å². The van der Waals surface area contributed by atoms with Crippen LogP contribution < -0.4 is 10.2 Å². The fraction of sp³-hybridized carbons (Fsp3) is 0.125. The molecule has 0 heterocycles. The number of carbonyl (C=O) groups excluding carboxylic acids is 1. The number of carbonyl (C=O) groups is 1. The number of rotatable bonds is 5. The number of benzene rings is 2. The highest BCUT2D eigenvalue weighted by Crippen LogP contribution is 2.16. The van der Waals surface area contributed by atoms with Crippen LogP contribution in [0.5, 0.6) is 5.75 Å². The van der Waals surface area contributed by atoms with Crippen molar-refractivity contribution in [2.45, 2.75) is 6.92 Å². The van der Waals surface area contributed by atoms with Crippen molar-refractivity contribution in [2.75, 3.05) is 6.61 Å². The smallest absolute Gasteiger partial charge is 0.277 e. The molecule has 6 heteroatoms. The predicted octanol–water partition coefficient (Wildman–Crippen LogP) is 3.51. The van der Waals surface area contributed by atoms with E-state index in [0.29, 0.717) is 5.71 Å². The summed E-state index contributed by atoms with van der Waals surface area (Å²) < 4.78 is 19.3. The van der Waals surface area contributed by atoms with Gasteiger partial charge in [-0.2, -0.15) is 5.10 Å². The summed E-state index contributed by atoms with van der Waals surface area (Å²) in [6.07, 6.45) is 0. The maximum absolute atomic E-state index is 13.3. The highest BCUT2D eigenvalue weighted by atomic mass is 79.9. The Hall–Kier alpha value is -2.21. The van der Waals surface area contributed by atoms with Gasteiger partial charge in [-0.1, -0.05) is 46.3 Å². The van der Waals surface area contributed by atoms with E-state index in [1.165, 1.54) is 12.1 Å². The van der Waals surface area contributed by atoms with Gasteiger partial charge in [-0.05, 0) is 25.1 Å². The minimum Gasteiger partial charge on any atom is -0.481 e. The van der Waals surface area contributed by atoms with E-state index in [0.717, 1.165) is 10.0 Å². The molecule has 4 nitrogen and oxygen atoms in total. The molecule has 22 heavy (non-hydrogen) atoms. The molecule has 1 N–H and O–H groups in total. The van der Waals surface area contributed by atoms with Gasteiger partial charge in [0.05, 0.1) is 5.71 Å². The first-order chi connectivity index (χ1) is 10.6. The fourth-order valence-electron chi connectivity index (χ4n) is 1.70. The van der Waals surface area contributed by atoms with Crippen molar-refractivity contribution >= 4 is 27.5 Å². The molecule has 0 saturated carbocycles. The Morgan fingerprint density at radius 2 is 1.91 bits per heavy atom. The van der Waals surface area contributed by atoms with Crippen molar-refractivity contribution in [2.24, 2.45) is 5.10 Å². The largest absolute Gasteiger partial charge is 0.481 e. The molecule has 0 atom stereocenters. The minimum absolute atomic E-state index is 0.0316. The van der Waals surface area contributed by atoms with Gasteiger partial charge in [0.25, 0.3) is 5.91 Å². The van der Waals surface area contributed by atoms with Crippen LogP contribution in [0.1, 0.15) is 12.5 Å². The lowest BCUT2D eigenvalue weighted by molar-refractivity contribution is -0.123. The zero-order valence-electron chi connectivity index (χ0n) is 11.8. The molecular weight excluding hydrogens is 351 g/mol. The van der Waals surface area contributed by atoms with E-state index in [-0.39, 0.29) is 12.4 Å². The molecular formula is C16H14BrFN2O2. The van der Waals surface area contributed by atoms with Crippen molar-refractivity contribution in [1.82, 2.24) is 5.43 Å². The molecule has 0 bridgehead atoms. The summed E-state index contributed by atoms with van der Waals surface area (Å²) >= 11 is 3.41. The van der Waals surface area contributed by atoms with Crippen LogP contribution in [-0.4, -0.2) is 18.2 Å². The Kier molecular flexibility index (Phi) is 5.66. The number of hydrazone groups is 1. The van der Waals surface area contributed by atoms with Crippen molar-refractivity contribution in [3.05, 3.63) is 64.4 Å². The summed E-state index contributed by atoms with van der Waals surface area (Å²) in [4.78, 5) is 11.7. The standard InChI is InChI=1S/C16H14BrFN2O2/c1-11(12-6-2-3-7-13(12)17)19-20-16(21)10-22-15-9-5-4-8-14(15)18/h2-9H,10H2,1H3,(H,20,21)/b19-11+. The van der Waals surface area contributed by atoms with Crippen LogP contribution in [0.15, 0.2) is 58.1 Å². The van der Waals surface area contributed by atoms with E-state index in [1.807, 2.05) is 24.3 Å². The molecule has 2 aromatic carbocycles. The summed E-state index contributed by atoms with van der Waals surface area (Å²) in [6.45, 7) is 1.46. The maximum atomic E-state index is 13.3. The summed E-state index contributed by atoms with van der Waals surface area (Å²) in [5.41, 5.74) is 3.90. The van der Waals surface area contributed by atoms with Crippen LogP contribution in [0.3, 0.4) is 0 Å². The van der Waals surface area contributed by atoms with Gasteiger partial charge < -0.3 is 4.74 Å². The topological polar surface area (TPSA) is 50.7 Å². The molecule has 2 aromatic rings.